The first-order valence-corrected chi connectivity index (χ1v) is 5.08. The summed E-state index contributed by atoms with van der Waals surface area (Å²) in [4.78, 5) is 4.35. The highest BCUT2D eigenvalue weighted by molar-refractivity contribution is 5.23. The van der Waals surface area contributed by atoms with Crippen molar-refractivity contribution in [2.24, 2.45) is 0 Å². The Labute approximate surface area is 89.1 Å². The van der Waals surface area contributed by atoms with Gasteiger partial charge in [0.15, 0.2) is 0 Å². The van der Waals surface area contributed by atoms with Crippen molar-refractivity contribution in [1.29, 1.82) is 0 Å². The molecule has 2 rings (SSSR count). The second-order valence-corrected chi connectivity index (χ2v) is 3.30. The second-order valence-electron chi connectivity index (χ2n) is 3.30. The quantitative estimate of drug-likeness (QED) is 0.827. The highest BCUT2D eigenvalue weighted by Gasteiger charge is 2.14. The number of nitrogens with one attached hydrogen (secondary N) is 1. The molecule has 3 heteroatoms. The standard InChI is InChI=1S/C12H14N2O/c1-2-13-12(10-6-8-15-9-10)11-5-3-4-7-14-11/h3-9,12-13H,2H2,1H3. The monoisotopic (exact) mass is 202 g/mol. The van der Waals surface area contributed by atoms with Crippen molar-refractivity contribution >= 4 is 0 Å². The van der Waals surface area contributed by atoms with Crippen molar-refractivity contribution < 1.29 is 4.42 Å². The summed E-state index contributed by atoms with van der Waals surface area (Å²) in [5.41, 5.74) is 2.12. The van der Waals surface area contributed by atoms with Crippen LogP contribution in [0.3, 0.4) is 0 Å². The van der Waals surface area contributed by atoms with Crippen LogP contribution in [-0.4, -0.2) is 11.5 Å². The topological polar surface area (TPSA) is 38.1 Å². The average molecular weight is 202 g/mol. The SMILES string of the molecule is CCNC(c1ccoc1)c1ccccn1. The molecule has 1 unspecified atom stereocenters. The van der Waals surface area contributed by atoms with Gasteiger partial charge in [0.25, 0.3) is 0 Å². The van der Waals surface area contributed by atoms with Crippen LogP contribution < -0.4 is 5.32 Å². The van der Waals surface area contributed by atoms with Crippen LogP contribution in [0.5, 0.6) is 0 Å². The maximum absolute atomic E-state index is 5.10. The summed E-state index contributed by atoms with van der Waals surface area (Å²) in [6.45, 7) is 2.97. The van der Waals surface area contributed by atoms with E-state index in [4.69, 9.17) is 4.42 Å². The third kappa shape index (κ3) is 2.25. The number of rotatable bonds is 4. The van der Waals surface area contributed by atoms with E-state index in [1.165, 1.54) is 0 Å². The molecule has 2 heterocycles. The number of nitrogens with zero attached hydrogens (tertiary/aromatic N) is 1. The van der Waals surface area contributed by atoms with Gasteiger partial charge in [-0.15, -0.1) is 0 Å². The molecule has 0 fully saturated rings. The van der Waals surface area contributed by atoms with E-state index in [1.54, 1.807) is 18.7 Å². The van der Waals surface area contributed by atoms with E-state index in [-0.39, 0.29) is 6.04 Å². The molecule has 78 valence electrons. The van der Waals surface area contributed by atoms with Gasteiger partial charge < -0.3 is 9.73 Å². The molecule has 3 nitrogen and oxygen atoms in total. The number of hydrogen-bond acceptors (Lipinski definition) is 3. The Morgan fingerprint density at radius 2 is 2.33 bits per heavy atom. The van der Waals surface area contributed by atoms with Gasteiger partial charge in [0.05, 0.1) is 24.3 Å². The number of hydrogen-bond donors (Lipinski definition) is 1. The van der Waals surface area contributed by atoms with E-state index < -0.39 is 0 Å². The van der Waals surface area contributed by atoms with E-state index in [0.717, 1.165) is 17.8 Å². The molecule has 0 radical (unpaired) electrons. The van der Waals surface area contributed by atoms with Crippen molar-refractivity contribution in [2.45, 2.75) is 13.0 Å². The van der Waals surface area contributed by atoms with Crippen LogP contribution in [0.4, 0.5) is 0 Å². The van der Waals surface area contributed by atoms with Gasteiger partial charge >= 0.3 is 0 Å². The van der Waals surface area contributed by atoms with Gasteiger partial charge in [0, 0.05) is 11.8 Å². The Balaban J connectivity index is 2.28. The molecule has 1 N–H and O–H groups in total. The molecule has 0 saturated carbocycles. The number of pyridine rings is 1. The predicted octanol–water partition coefficient (Wildman–Crippen LogP) is 2.37. The van der Waals surface area contributed by atoms with Gasteiger partial charge in [-0.3, -0.25) is 4.98 Å². The molecule has 0 aliphatic heterocycles. The molecule has 1 atom stereocenters. The van der Waals surface area contributed by atoms with Crippen LogP contribution in [-0.2, 0) is 0 Å². The minimum atomic E-state index is 0.120. The first-order chi connectivity index (χ1) is 7.42. The molecule has 15 heavy (non-hydrogen) atoms. The molecule has 0 aliphatic carbocycles. The molecular formula is C12H14N2O. The maximum Gasteiger partial charge on any atom is 0.0954 e. The van der Waals surface area contributed by atoms with Gasteiger partial charge in [0.2, 0.25) is 0 Å². The Hall–Kier alpha value is -1.61. The van der Waals surface area contributed by atoms with E-state index in [9.17, 15) is 0 Å². The van der Waals surface area contributed by atoms with Gasteiger partial charge in [-0.25, -0.2) is 0 Å². The highest BCUT2D eigenvalue weighted by Crippen LogP contribution is 2.19. The first kappa shape index (κ1) is 9.93. The zero-order valence-electron chi connectivity index (χ0n) is 8.68. The molecule has 0 bridgehead atoms. The lowest BCUT2D eigenvalue weighted by molar-refractivity contribution is 0.550. The molecule has 2 aromatic heterocycles. The van der Waals surface area contributed by atoms with E-state index in [0.29, 0.717) is 0 Å². The minimum absolute atomic E-state index is 0.120. The Bertz CT molecular complexity index is 383. The van der Waals surface area contributed by atoms with Crippen molar-refractivity contribution in [3.63, 3.8) is 0 Å². The highest BCUT2D eigenvalue weighted by atomic mass is 16.3. The van der Waals surface area contributed by atoms with Gasteiger partial charge in [0.1, 0.15) is 0 Å². The number of furan rings is 1. The van der Waals surface area contributed by atoms with Crippen LogP contribution in [0, 0.1) is 0 Å². The van der Waals surface area contributed by atoms with Crippen LogP contribution in [0.25, 0.3) is 0 Å². The lowest BCUT2D eigenvalue weighted by Gasteiger charge is -2.15. The Morgan fingerprint density at radius 3 is 2.93 bits per heavy atom. The molecule has 0 amide bonds. The Morgan fingerprint density at radius 1 is 1.40 bits per heavy atom. The maximum atomic E-state index is 5.10. The summed E-state index contributed by atoms with van der Waals surface area (Å²) < 4.78 is 5.10. The average Bonchev–Trinajstić information content (AvgIpc) is 2.80. The van der Waals surface area contributed by atoms with E-state index >= 15 is 0 Å². The molecule has 0 aliphatic rings. The zero-order chi connectivity index (χ0) is 10.5. The summed E-state index contributed by atoms with van der Waals surface area (Å²) in [6.07, 6.45) is 5.24. The van der Waals surface area contributed by atoms with Crippen molar-refractivity contribution in [2.75, 3.05) is 6.54 Å². The fourth-order valence-electron chi connectivity index (χ4n) is 1.58. The molecule has 0 aromatic carbocycles. The van der Waals surface area contributed by atoms with Gasteiger partial charge in [-0.2, -0.15) is 0 Å². The lowest BCUT2D eigenvalue weighted by Crippen LogP contribution is -2.22. The van der Waals surface area contributed by atoms with Crippen molar-refractivity contribution in [3.8, 4) is 0 Å². The fourth-order valence-corrected chi connectivity index (χ4v) is 1.58. The third-order valence-corrected chi connectivity index (χ3v) is 2.27. The second kappa shape index (κ2) is 4.75. The largest absolute Gasteiger partial charge is 0.472 e. The Kier molecular flexibility index (Phi) is 3.15. The van der Waals surface area contributed by atoms with Gasteiger partial charge in [-0.05, 0) is 24.7 Å². The zero-order valence-corrected chi connectivity index (χ0v) is 8.68. The van der Waals surface area contributed by atoms with Gasteiger partial charge in [-0.1, -0.05) is 13.0 Å². The van der Waals surface area contributed by atoms with Crippen LogP contribution in [0.2, 0.25) is 0 Å². The third-order valence-electron chi connectivity index (χ3n) is 2.27. The van der Waals surface area contributed by atoms with Crippen LogP contribution >= 0.6 is 0 Å². The molecule has 0 spiro atoms. The molecule has 2 aromatic rings. The first-order valence-electron chi connectivity index (χ1n) is 5.08. The molecule has 0 saturated heterocycles. The normalized spacial score (nSPS) is 12.6. The minimum Gasteiger partial charge on any atom is -0.472 e. The smallest absolute Gasteiger partial charge is 0.0954 e. The summed E-state index contributed by atoms with van der Waals surface area (Å²) >= 11 is 0. The lowest BCUT2D eigenvalue weighted by atomic mass is 10.1. The van der Waals surface area contributed by atoms with Crippen molar-refractivity contribution in [3.05, 3.63) is 54.2 Å². The predicted molar refractivity (Wildman–Crippen MR) is 58.5 cm³/mol. The van der Waals surface area contributed by atoms with E-state index in [2.05, 4.69) is 17.2 Å². The van der Waals surface area contributed by atoms with Crippen LogP contribution in [0.1, 0.15) is 24.2 Å². The fraction of sp³-hybridized carbons (Fsp3) is 0.250. The summed E-state index contributed by atoms with van der Waals surface area (Å²) in [5.74, 6) is 0. The summed E-state index contributed by atoms with van der Waals surface area (Å²) in [6, 6.07) is 8.01. The summed E-state index contributed by atoms with van der Waals surface area (Å²) in [7, 11) is 0. The van der Waals surface area contributed by atoms with E-state index in [1.807, 2.05) is 24.3 Å². The summed E-state index contributed by atoms with van der Waals surface area (Å²) in [5, 5.41) is 3.38. The van der Waals surface area contributed by atoms with Crippen LogP contribution in [0.15, 0.2) is 47.4 Å². The van der Waals surface area contributed by atoms with Crippen molar-refractivity contribution in [1.82, 2.24) is 10.3 Å². The number of aromatic nitrogens is 1. The molecular weight excluding hydrogens is 188 g/mol.